The third kappa shape index (κ3) is 3.48. The molecule has 1 aromatic heterocycles. The maximum Gasteiger partial charge on any atom is 0.417 e. The number of imidazole rings is 1. The second-order valence-electron chi connectivity index (χ2n) is 10.3. The van der Waals surface area contributed by atoms with Crippen LogP contribution >= 0.6 is 0 Å². The summed E-state index contributed by atoms with van der Waals surface area (Å²) in [5.74, 6) is 1.92. The topological polar surface area (TPSA) is 21.1 Å². The first kappa shape index (κ1) is 22.5. The zero-order valence-electron chi connectivity index (χ0n) is 21.4. The molecule has 172 valence electrons. The van der Waals surface area contributed by atoms with Crippen LogP contribution in [0, 0.1) is 13.8 Å². The summed E-state index contributed by atoms with van der Waals surface area (Å²) in [7, 11) is 2.24. The second-order valence-corrected chi connectivity index (χ2v) is 10.3. The van der Waals surface area contributed by atoms with Crippen LogP contribution in [-0.2, 0) is 0 Å². The highest BCUT2D eigenvalue weighted by atomic mass is 15.2. The number of nitrogens with zero attached hydrogens (tertiary/aromatic N) is 3. The third-order valence-electron chi connectivity index (χ3n) is 7.36. The lowest BCUT2D eigenvalue weighted by Gasteiger charge is -2.38. The number of aromatic nitrogens is 2. The van der Waals surface area contributed by atoms with Gasteiger partial charge in [-0.2, -0.15) is 0 Å². The van der Waals surface area contributed by atoms with E-state index in [0.717, 1.165) is 5.82 Å². The molecule has 0 bridgehead atoms. The minimum absolute atomic E-state index is 0.0641. The molecule has 34 heavy (non-hydrogen) atoms. The highest BCUT2D eigenvalue weighted by molar-refractivity contribution is 6.77. The molecule has 2 heterocycles. The lowest BCUT2D eigenvalue weighted by Crippen LogP contribution is -2.56. The fraction of sp³-hybridized carbons (Fsp3) is 0.300. The van der Waals surface area contributed by atoms with E-state index in [1.165, 1.54) is 50.1 Å². The molecule has 0 saturated heterocycles. The van der Waals surface area contributed by atoms with Crippen molar-refractivity contribution in [2.24, 2.45) is 0 Å². The van der Waals surface area contributed by atoms with E-state index in [1.807, 2.05) is 6.20 Å². The molecule has 0 atom stereocenters. The predicted octanol–water partition coefficient (Wildman–Crippen LogP) is 6.77. The van der Waals surface area contributed by atoms with E-state index in [0.29, 0.717) is 11.8 Å². The first-order valence-corrected chi connectivity index (χ1v) is 12.4. The average molecular weight is 447 g/mol. The van der Waals surface area contributed by atoms with Crippen LogP contribution < -0.4 is 10.3 Å². The zero-order valence-corrected chi connectivity index (χ0v) is 21.4. The Morgan fingerprint density at radius 1 is 0.824 bits per heavy atom. The van der Waals surface area contributed by atoms with Crippen molar-refractivity contribution in [1.29, 1.82) is 0 Å². The van der Waals surface area contributed by atoms with E-state index in [1.54, 1.807) is 0 Å². The summed E-state index contributed by atoms with van der Waals surface area (Å²) in [6.07, 6.45) is 4.08. The van der Waals surface area contributed by atoms with Gasteiger partial charge in [-0.1, -0.05) is 70.2 Å². The van der Waals surface area contributed by atoms with E-state index >= 15 is 0 Å². The highest BCUT2D eigenvalue weighted by Gasteiger charge is 2.38. The second kappa shape index (κ2) is 8.50. The molecule has 4 heteroatoms. The van der Waals surface area contributed by atoms with Gasteiger partial charge in [-0.15, -0.1) is 0 Å². The Morgan fingerprint density at radius 2 is 1.44 bits per heavy atom. The molecule has 0 N–H and O–H groups in total. The van der Waals surface area contributed by atoms with Gasteiger partial charge in [-0.05, 0) is 83.7 Å². The van der Waals surface area contributed by atoms with Crippen molar-refractivity contribution >= 4 is 18.1 Å². The van der Waals surface area contributed by atoms with Crippen LogP contribution in [0.15, 0.2) is 67.0 Å². The predicted molar refractivity (Wildman–Crippen MR) is 146 cm³/mol. The number of fused-ring (bicyclic) bond motifs is 3. The third-order valence-corrected chi connectivity index (χ3v) is 7.36. The van der Waals surface area contributed by atoms with Gasteiger partial charge < -0.3 is 9.29 Å². The van der Waals surface area contributed by atoms with Crippen molar-refractivity contribution in [2.45, 2.75) is 53.4 Å². The van der Waals surface area contributed by atoms with Crippen LogP contribution in [0.5, 0.6) is 0 Å². The maximum absolute atomic E-state index is 4.83. The Kier molecular flexibility index (Phi) is 5.63. The van der Waals surface area contributed by atoms with Crippen molar-refractivity contribution in [3.05, 3.63) is 89.2 Å². The number of hydrogen-bond donors (Lipinski definition) is 0. The lowest BCUT2D eigenvalue weighted by molar-refractivity contribution is 0.842. The summed E-state index contributed by atoms with van der Waals surface area (Å²) in [5.41, 5.74) is 11.9. The van der Waals surface area contributed by atoms with Crippen molar-refractivity contribution in [1.82, 2.24) is 9.46 Å². The van der Waals surface area contributed by atoms with Gasteiger partial charge in [0.25, 0.3) is 0 Å². The first-order valence-electron chi connectivity index (χ1n) is 12.4. The molecule has 1 aliphatic rings. The Hall–Kier alpha value is -3.27. The Labute approximate surface area is 204 Å². The van der Waals surface area contributed by atoms with Gasteiger partial charge in [0.1, 0.15) is 5.82 Å². The Bertz CT molecular complexity index is 1320. The number of hydrogen-bond acceptors (Lipinski definition) is 2. The Balaban J connectivity index is 1.75. The van der Waals surface area contributed by atoms with Gasteiger partial charge in [-0.25, -0.2) is 4.98 Å². The van der Waals surface area contributed by atoms with Gasteiger partial charge >= 0.3 is 6.98 Å². The summed E-state index contributed by atoms with van der Waals surface area (Å²) in [6, 6.07) is 20.2. The SMILES string of the molecule is Cc1cccc(C)c1-c1ccc2c(c1)N(C)B(c1c(C(C)C)cccc1C(C)C)n1ccnc1-2. The van der Waals surface area contributed by atoms with Gasteiger partial charge in [0.2, 0.25) is 0 Å². The van der Waals surface area contributed by atoms with E-state index in [4.69, 9.17) is 4.98 Å². The average Bonchev–Trinajstić information content (AvgIpc) is 3.28. The molecule has 4 aromatic rings. The van der Waals surface area contributed by atoms with Gasteiger partial charge in [0, 0.05) is 23.6 Å². The van der Waals surface area contributed by atoms with Crippen LogP contribution in [0.4, 0.5) is 5.69 Å². The van der Waals surface area contributed by atoms with Crippen LogP contribution in [0.2, 0.25) is 0 Å². The standard InChI is InChI=1S/C30H34BN3/c1-19(2)24-12-9-13-25(20(3)4)29(24)31-33(7)27-18-23(28-21(5)10-8-11-22(28)6)14-15-26(27)30-32-16-17-34(30)31/h8-20H,1-7H3. The van der Waals surface area contributed by atoms with Crippen LogP contribution in [0.1, 0.15) is 61.8 Å². The molecular formula is C30H34BN3. The largest absolute Gasteiger partial charge is 0.417 e. The van der Waals surface area contributed by atoms with E-state index in [9.17, 15) is 0 Å². The molecule has 0 unspecified atom stereocenters. The van der Waals surface area contributed by atoms with Crippen molar-refractivity contribution in [3.63, 3.8) is 0 Å². The van der Waals surface area contributed by atoms with Crippen molar-refractivity contribution in [2.75, 3.05) is 11.9 Å². The van der Waals surface area contributed by atoms with E-state index in [2.05, 4.69) is 119 Å². The van der Waals surface area contributed by atoms with Crippen molar-refractivity contribution < 1.29 is 0 Å². The van der Waals surface area contributed by atoms with Crippen LogP contribution in [0.3, 0.4) is 0 Å². The summed E-state index contributed by atoms with van der Waals surface area (Å²) < 4.78 is 2.36. The molecule has 0 aliphatic carbocycles. The Morgan fingerprint density at radius 3 is 2.06 bits per heavy atom. The summed E-state index contributed by atoms with van der Waals surface area (Å²) >= 11 is 0. The normalized spacial score (nSPS) is 13.0. The fourth-order valence-electron chi connectivity index (χ4n) is 5.71. The molecule has 5 rings (SSSR count). The maximum atomic E-state index is 4.83. The molecule has 3 nitrogen and oxygen atoms in total. The molecule has 3 aromatic carbocycles. The lowest BCUT2D eigenvalue weighted by atomic mass is 9.58. The van der Waals surface area contributed by atoms with E-state index in [-0.39, 0.29) is 6.98 Å². The minimum Gasteiger partial charge on any atom is -0.394 e. The molecule has 0 fully saturated rings. The summed E-state index contributed by atoms with van der Waals surface area (Å²) in [4.78, 5) is 7.28. The zero-order chi connectivity index (χ0) is 24.1. The fourth-order valence-corrected chi connectivity index (χ4v) is 5.71. The molecule has 0 spiro atoms. The first-order chi connectivity index (χ1) is 16.3. The van der Waals surface area contributed by atoms with Gasteiger partial charge in [0.15, 0.2) is 0 Å². The molecule has 0 radical (unpaired) electrons. The van der Waals surface area contributed by atoms with E-state index < -0.39 is 0 Å². The number of aryl methyl sites for hydroxylation is 2. The monoisotopic (exact) mass is 447 g/mol. The molecule has 1 aliphatic heterocycles. The quantitative estimate of drug-likeness (QED) is 0.322. The smallest absolute Gasteiger partial charge is 0.394 e. The summed E-state index contributed by atoms with van der Waals surface area (Å²) in [6.45, 7) is 13.7. The van der Waals surface area contributed by atoms with Crippen LogP contribution in [0.25, 0.3) is 22.5 Å². The van der Waals surface area contributed by atoms with Gasteiger partial charge in [-0.3, -0.25) is 0 Å². The summed E-state index contributed by atoms with van der Waals surface area (Å²) in [5, 5.41) is 0. The molecule has 0 saturated carbocycles. The highest BCUT2D eigenvalue weighted by Crippen LogP contribution is 2.40. The number of rotatable bonds is 4. The van der Waals surface area contributed by atoms with Crippen molar-refractivity contribution in [3.8, 4) is 22.5 Å². The molecule has 0 amide bonds. The number of anilines is 1. The number of benzene rings is 3. The minimum atomic E-state index is 0.0641. The van der Waals surface area contributed by atoms with Crippen LogP contribution in [-0.4, -0.2) is 23.5 Å². The molecular weight excluding hydrogens is 413 g/mol. The van der Waals surface area contributed by atoms with Gasteiger partial charge in [0.05, 0.1) is 0 Å².